The molecule has 0 aliphatic heterocycles. The molecule has 1 aromatic heterocycles. The summed E-state index contributed by atoms with van der Waals surface area (Å²) in [6, 6.07) is 18.2. The molecule has 1 N–H and O–H groups in total. The molecule has 2 aromatic carbocycles. The number of para-hydroxylation sites is 1. The first-order valence-electron chi connectivity index (χ1n) is 9.49. The first-order chi connectivity index (χ1) is 14.4. The highest BCUT2D eigenvalue weighted by molar-refractivity contribution is 7.12. The van der Waals surface area contributed by atoms with Gasteiger partial charge in [-0.1, -0.05) is 48.0 Å². The number of amides is 2. The van der Waals surface area contributed by atoms with E-state index in [1.165, 1.54) is 16.2 Å². The van der Waals surface area contributed by atoms with E-state index >= 15 is 0 Å². The van der Waals surface area contributed by atoms with Crippen LogP contribution in [0, 0.1) is 0 Å². The van der Waals surface area contributed by atoms with E-state index in [-0.39, 0.29) is 17.9 Å². The predicted octanol–water partition coefficient (Wildman–Crippen LogP) is 4.71. The average molecular weight is 442 g/mol. The Morgan fingerprint density at radius 3 is 2.37 bits per heavy atom. The third-order valence-electron chi connectivity index (χ3n) is 4.89. The van der Waals surface area contributed by atoms with Gasteiger partial charge in [-0.15, -0.1) is 11.3 Å². The van der Waals surface area contributed by atoms with Crippen LogP contribution in [0.15, 0.2) is 66.0 Å². The molecule has 156 valence electrons. The minimum absolute atomic E-state index is 0.0831. The number of carbonyl (C=O) groups is 2. The van der Waals surface area contributed by atoms with Gasteiger partial charge in [-0.3, -0.25) is 9.59 Å². The summed E-state index contributed by atoms with van der Waals surface area (Å²) in [5.74, 6) is -0.386. The van der Waals surface area contributed by atoms with Crippen molar-refractivity contribution in [3.63, 3.8) is 0 Å². The van der Waals surface area contributed by atoms with Gasteiger partial charge in [0.2, 0.25) is 0 Å². The second kappa shape index (κ2) is 9.89. The molecule has 0 saturated heterocycles. The summed E-state index contributed by atoms with van der Waals surface area (Å²) >= 11 is 7.74. The van der Waals surface area contributed by atoms with E-state index < -0.39 is 0 Å². The van der Waals surface area contributed by atoms with Gasteiger partial charge < -0.3 is 15.1 Å². The number of carbonyl (C=O) groups excluding carboxylic acids is 2. The minimum atomic E-state index is -0.240. The Labute approximate surface area is 185 Å². The molecule has 0 saturated carbocycles. The molecule has 5 nitrogen and oxygen atoms in total. The van der Waals surface area contributed by atoms with Crippen LogP contribution in [-0.2, 0) is 0 Å². The van der Waals surface area contributed by atoms with Crippen LogP contribution in [0.4, 0.5) is 5.69 Å². The van der Waals surface area contributed by atoms with Crippen molar-refractivity contribution in [2.24, 2.45) is 0 Å². The van der Waals surface area contributed by atoms with Crippen LogP contribution >= 0.6 is 22.9 Å². The number of likely N-dealkylation sites (N-methyl/N-ethyl adjacent to an activating group) is 1. The van der Waals surface area contributed by atoms with Crippen molar-refractivity contribution in [1.29, 1.82) is 0 Å². The van der Waals surface area contributed by atoms with Crippen molar-refractivity contribution in [3.05, 3.63) is 87.1 Å². The summed E-state index contributed by atoms with van der Waals surface area (Å²) in [7, 11) is 5.57. The molecule has 30 heavy (non-hydrogen) atoms. The van der Waals surface area contributed by atoms with Crippen LogP contribution in [0.1, 0.15) is 31.6 Å². The lowest BCUT2D eigenvalue weighted by Gasteiger charge is -2.26. The summed E-state index contributed by atoms with van der Waals surface area (Å²) < 4.78 is 0. The Bertz CT molecular complexity index is 1020. The van der Waals surface area contributed by atoms with Gasteiger partial charge in [0.1, 0.15) is 0 Å². The van der Waals surface area contributed by atoms with E-state index in [1.54, 1.807) is 31.3 Å². The van der Waals surface area contributed by atoms with Gasteiger partial charge in [-0.25, -0.2) is 0 Å². The Morgan fingerprint density at radius 2 is 1.70 bits per heavy atom. The molecule has 3 rings (SSSR count). The second-order valence-corrected chi connectivity index (χ2v) is 8.42. The van der Waals surface area contributed by atoms with Gasteiger partial charge >= 0.3 is 0 Å². The number of thiophene rings is 1. The van der Waals surface area contributed by atoms with E-state index in [1.807, 2.05) is 60.8 Å². The lowest BCUT2D eigenvalue weighted by Crippen LogP contribution is -2.36. The molecular formula is C23H24ClN3O2S. The first kappa shape index (κ1) is 22.0. The molecule has 0 spiro atoms. The van der Waals surface area contributed by atoms with Crippen molar-refractivity contribution < 1.29 is 9.59 Å². The van der Waals surface area contributed by atoms with Crippen molar-refractivity contribution in [1.82, 2.24) is 10.2 Å². The number of hydrogen-bond acceptors (Lipinski definition) is 4. The molecule has 0 bridgehead atoms. The summed E-state index contributed by atoms with van der Waals surface area (Å²) in [5.41, 5.74) is 1.96. The van der Waals surface area contributed by atoms with E-state index in [0.717, 1.165) is 5.56 Å². The molecule has 3 aromatic rings. The molecule has 0 aliphatic rings. The highest BCUT2D eigenvalue weighted by Crippen LogP contribution is 2.26. The first-order valence-corrected chi connectivity index (χ1v) is 10.8. The largest absolute Gasteiger partial charge is 0.350 e. The Hall–Kier alpha value is -2.67. The molecule has 1 unspecified atom stereocenters. The number of nitrogens with zero attached hydrogens (tertiary/aromatic N) is 2. The Kier molecular flexibility index (Phi) is 7.26. The number of benzene rings is 2. The molecule has 2 amide bonds. The Morgan fingerprint density at radius 1 is 1.00 bits per heavy atom. The minimum Gasteiger partial charge on any atom is -0.350 e. The van der Waals surface area contributed by atoms with Crippen LogP contribution in [0.5, 0.6) is 0 Å². The van der Waals surface area contributed by atoms with Gasteiger partial charge in [-0.2, -0.15) is 0 Å². The fraction of sp³-hybridized carbons (Fsp3) is 0.217. The quantitative estimate of drug-likeness (QED) is 0.577. The zero-order chi connectivity index (χ0) is 21.7. The lowest BCUT2D eigenvalue weighted by atomic mass is 10.1. The average Bonchev–Trinajstić information content (AvgIpc) is 3.28. The number of hydrogen-bond donors (Lipinski definition) is 1. The zero-order valence-electron chi connectivity index (χ0n) is 17.1. The van der Waals surface area contributed by atoms with Crippen molar-refractivity contribution >= 4 is 40.4 Å². The fourth-order valence-corrected chi connectivity index (χ4v) is 4.19. The van der Waals surface area contributed by atoms with E-state index in [0.29, 0.717) is 27.7 Å². The normalized spacial score (nSPS) is 11.9. The number of halogens is 1. The molecule has 0 fully saturated rings. The zero-order valence-corrected chi connectivity index (χ0v) is 18.7. The lowest BCUT2D eigenvalue weighted by molar-refractivity contribution is 0.0942. The van der Waals surface area contributed by atoms with Crippen LogP contribution in [0.2, 0.25) is 5.02 Å². The maximum absolute atomic E-state index is 13.0. The molecule has 1 heterocycles. The smallest absolute Gasteiger partial charge is 0.268 e. The van der Waals surface area contributed by atoms with Gasteiger partial charge in [0.15, 0.2) is 0 Å². The van der Waals surface area contributed by atoms with Gasteiger partial charge in [0.25, 0.3) is 11.8 Å². The molecule has 1 atom stereocenters. The Balaban J connectivity index is 1.79. The van der Waals surface area contributed by atoms with E-state index in [4.69, 9.17) is 11.6 Å². The van der Waals surface area contributed by atoms with Crippen molar-refractivity contribution in [2.75, 3.05) is 32.6 Å². The SMILES string of the molecule is CN(C(=O)c1cccs1)c1ccccc1C(=O)NCC(c1ccccc1Cl)N(C)C. The number of nitrogens with one attached hydrogen (secondary N) is 1. The fourth-order valence-electron chi connectivity index (χ4n) is 3.23. The monoisotopic (exact) mass is 441 g/mol. The van der Waals surface area contributed by atoms with E-state index in [2.05, 4.69) is 5.32 Å². The van der Waals surface area contributed by atoms with Crippen LogP contribution in [0.3, 0.4) is 0 Å². The molecule has 0 aliphatic carbocycles. The van der Waals surface area contributed by atoms with Gasteiger partial charge in [0.05, 0.1) is 22.2 Å². The number of anilines is 1. The van der Waals surface area contributed by atoms with Crippen LogP contribution in [-0.4, -0.2) is 44.4 Å². The maximum Gasteiger partial charge on any atom is 0.268 e. The summed E-state index contributed by atoms with van der Waals surface area (Å²) in [6.45, 7) is 0.381. The standard InChI is InChI=1S/C23H24ClN3O2S/c1-26(2)20(16-9-4-6-11-18(16)24)15-25-22(28)17-10-5-7-12-19(17)27(3)23(29)21-13-8-14-30-21/h4-14,20H,15H2,1-3H3,(H,25,28). The second-order valence-electron chi connectivity index (χ2n) is 7.07. The van der Waals surface area contributed by atoms with Gasteiger partial charge in [-0.05, 0) is 49.3 Å². The third-order valence-corrected chi connectivity index (χ3v) is 6.09. The highest BCUT2D eigenvalue weighted by atomic mass is 35.5. The van der Waals surface area contributed by atoms with Gasteiger partial charge in [0, 0.05) is 18.6 Å². The van der Waals surface area contributed by atoms with Crippen molar-refractivity contribution in [2.45, 2.75) is 6.04 Å². The third kappa shape index (κ3) is 4.90. The topological polar surface area (TPSA) is 52.7 Å². The highest BCUT2D eigenvalue weighted by Gasteiger charge is 2.22. The van der Waals surface area contributed by atoms with E-state index in [9.17, 15) is 9.59 Å². The predicted molar refractivity (Wildman–Crippen MR) is 124 cm³/mol. The molecule has 0 radical (unpaired) electrons. The van der Waals surface area contributed by atoms with Crippen LogP contribution in [0.25, 0.3) is 0 Å². The maximum atomic E-state index is 13.0. The summed E-state index contributed by atoms with van der Waals surface area (Å²) in [5, 5.41) is 5.52. The van der Waals surface area contributed by atoms with Crippen molar-refractivity contribution in [3.8, 4) is 0 Å². The molecular weight excluding hydrogens is 418 g/mol. The summed E-state index contributed by atoms with van der Waals surface area (Å²) in [4.78, 5) is 29.9. The summed E-state index contributed by atoms with van der Waals surface area (Å²) in [6.07, 6.45) is 0. The molecule has 7 heteroatoms. The van der Waals surface area contributed by atoms with Crippen LogP contribution < -0.4 is 10.2 Å². The number of rotatable bonds is 7.